The summed E-state index contributed by atoms with van der Waals surface area (Å²) < 4.78 is 51.4. The maximum atomic E-state index is 11.8. The predicted octanol–water partition coefficient (Wildman–Crippen LogP) is -2.31. The summed E-state index contributed by atoms with van der Waals surface area (Å²) in [5, 5.41) is 87.0. The predicted molar refractivity (Wildman–Crippen MR) is 174 cm³/mol. The molecule has 4 fully saturated rings. The molecule has 290 valence electrons. The van der Waals surface area contributed by atoms with E-state index in [0.29, 0.717) is 16.5 Å². The molecule has 18 nitrogen and oxygen atoms in total. The number of fused-ring (bicyclic) bond motifs is 2. The van der Waals surface area contributed by atoms with E-state index in [1.165, 1.54) is 18.2 Å². The summed E-state index contributed by atoms with van der Waals surface area (Å²) in [7, 11) is 0. The Kier molecular flexibility index (Phi) is 11.4. The van der Waals surface area contributed by atoms with E-state index in [0.717, 1.165) is 0 Å². The minimum Gasteiger partial charge on any atom is -0.462 e. The molecule has 0 bridgehead atoms. The van der Waals surface area contributed by atoms with Gasteiger partial charge >= 0.3 is 5.63 Å². The van der Waals surface area contributed by atoms with Gasteiger partial charge in [-0.15, -0.1) is 0 Å². The van der Waals surface area contributed by atoms with E-state index in [-0.39, 0.29) is 17.9 Å². The van der Waals surface area contributed by atoms with Crippen molar-refractivity contribution in [3.8, 4) is 5.75 Å². The standard InChI is InChI=1S/C35H42O18/c1-14-9-22(38)47-18-10-16(7-8-17(14)18)46-33-26(42)23(39)29(19(11-36)48-33)52-34-27(43)24(40)30(20(12-37)49-34)53-35-28(44)25(41)31-21(50-35)13-45-32(51-31)15-5-3-2-4-6-15/h2-10,19-21,23-37,39-44H,11-13H2,1H3/t19-,20-,21-,23-,24-,25-,26-,27-,28-,29-,30-,31-,32?,33-,34+,35+/m1/s1. The molecule has 53 heavy (non-hydrogen) atoms. The quantitative estimate of drug-likeness (QED) is 0.107. The van der Waals surface area contributed by atoms with Crippen LogP contribution in [0.3, 0.4) is 0 Å². The Bertz CT molecular complexity index is 1730. The zero-order valence-electron chi connectivity index (χ0n) is 28.2. The SMILES string of the molecule is Cc1cc(=O)oc2cc(O[C@@H]3O[C@H](CO)[C@@H](O[C@@H]4O[C@H](CO)[C@@H](O[C@@H]5O[C@@H]6COC(c7ccccc7)O[C@H]6[C@H](O)[C@H]5O)[C@H](O)[C@H]4O)[C@H](O)[C@H]3O)ccc12. The minimum absolute atomic E-state index is 0.0465. The Hall–Kier alpha value is -3.15. The monoisotopic (exact) mass is 750 g/mol. The Balaban J connectivity index is 0.987. The highest BCUT2D eigenvalue weighted by Crippen LogP contribution is 2.37. The number of hydrogen-bond donors (Lipinski definition) is 8. The number of aliphatic hydroxyl groups is 8. The summed E-state index contributed by atoms with van der Waals surface area (Å²) in [6, 6.07) is 14.9. The van der Waals surface area contributed by atoms with Gasteiger partial charge in [0.15, 0.2) is 18.9 Å². The second kappa shape index (κ2) is 15.9. The molecule has 4 aliphatic rings. The van der Waals surface area contributed by atoms with Gasteiger partial charge in [0.25, 0.3) is 0 Å². The van der Waals surface area contributed by atoms with Crippen LogP contribution in [-0.2, 0) is 33.2 Å². The number of hydrogen-bond acceptors (Lipinski definition) is 18. The van der Waals surface area contributed by atoms with Crippen molar-refractivity contribution >= 4 is 11.0 Å². The van der Waals surface area contributed by atoms with Gasteiger partial charge in [-0.25, -0.2) is 4.79 Å². The van der Waals surface area contributed by atoms with Crippen LogP contribution < -0.4 is 10.4 Å². The first kappa shape index (κ1) is 38.1. The van der Waals surface area contributed by atoms with Crippen molar-refractivity contribution in [3.05, 3.63) is 76.1 Å². The molecule has 0 radical (unpaired) electrons. The summed E-state index contributed by atoms with van der Waals surface area (Å²) in [4.78, 5) is 11.8. The molecule has 1 aromatic heterocycles. The van der Waals surface area contributed by atoms with E-state index in [9.17, 15) is 45.6 Å². The van der Waals surface area contributed by atoms with Gasteiger partial charge in [-0.2, -0.15) is 0 Å². The topological polar surface area (TPSA) is 266 Å². The molecule has 8 N–H and O–H groups in total. The molecule has 2 aromatic carbocycles. The molecule has 0 saturated carbocycles. The molecule has 5 heterocycles. The number of benzene rings is 2. The largest absolute Gasteiger partial charge is 0.462 e. The number of aryl methyl sites for hydroxylation is 1. The fraction of sp³-hybridized carbons (Fsp3) is 0.571. The third-order valence-corrected chi connectivity index (χ3v) is 9.80. The Morgan fingerprint density at radius 3 is 1.96 bits per heavy atom. The van der Waals surface area contributed by atoms with Crippen LogP contribution in [-0.4, -0.2) is 153 Å². The van der Waals surface area contributed by atoms with Crippen LogP contribution in [0.2, 0.25) is 0 Å². The molecule has 1 unspecified atom stereocenters. The van der Waals surface area contributed by atoms with Crippen LogP contribution in [0, 0.1) is 6.92 Å². The minimum atomic E-state index is -1.91. The molecule has 16 atom stereocenters. The second-order valence-electron chi connectivity index (χ2n) is 13.3. The molecule has 0 amide bonds. The van der Waals surface area contributed by atoms with Gasteiger partial charge in [-0.05, 0) is 24.6 Å². The van der Waals surface area contributed by atoms with E-state index in [1.54, 1.807) is 37.3 Å². The summed E-state index contributed by atoms with van der Waals surface area (Å²) in [5.41, 5.74) is 0.998. The average molecular weight is 751 g/mol. The highest BCUT2D eigenvalue weighted by Gasteiger charge is 2.55. The second-order valence-corrected chi connectivity index (χ2v) is 13.3. The summed E-state index contributed by atoms with van der Waals surface area (Å²) >= 11 is 0. The van der Waals surface area contributed by atoms with Gasteiger partial charge in [-0.1, -0.05) is 30.3 Å². The van der Waals surface area contributed by atoms with Gasteiger partial charge in [0.1, 0.15) is 84.6 Å². The van der Waals surface area contributed by atoms with E-state index < -0.39 is 117 Å². The molecule has 0 aliphatic carbocycles. The van der Waals surface area contributed by atoms with E-state index in [1.807, 2.05) is 6.07 Å². The van der Waals surface area contributed by atoms with Crippen molar-refractivity contribution in [3.63, 3.8) is 0 Å². The maximum absolute atomic E-state index is 11.8. The van der Waals surface area contributed by atoms with Gasteiger partial charge < -0.3 is 83.2 Å². The zero-order valence-corrected chi connectivity index (χ0v) is 28.2. The fourth-order valence-corrected chi connectivity index (χ4v) is 6.94. The highest BCUT2D eigenvalue weighted by molar-refractivity contribution is 5.81. The van der Waals surface area contributed by atoms with Crippen LogP contribution in [0.4, 0.5) is 0 Å². The first-order chi connectivity index (χ1) is 25.5. The Labute approximate surface area is 301 Å². The summed E-state index contributed by atoms with van der Waals surface area (Å²) in [5.74, 6) is 0.111. The fourth-order valence-electron chi connectivity index (χ4n) is 6.94. The van der Waals surface area contributed by atoms with Crippen LogP contribution in [0.25, 0.3) is 11.0 Å². The van der Waals surface area contributed by atoms with Crippen molar-refractivity contribution in [1.82, 2.24) is 0 Å². The Morgan fingerprint density at radius 1 is 0.698 bits per heavy atom. The molecule has 7 rings (SSSR count). The first-order valence-electron chi connectivity index (χ1n) is 17.1. The van der Waals surface area contributed by atoms with Crippen LogP contribution >= 0.6 is 0 Å². The third-order valence-electron chi connectivity index (χ3n) is 9.80. The third kappa shape index (κ3) is 7.59. The van der Waals surface area contributed by atoms with Crippen LogP contribution in [0.1, 0.15) is 17.4 Å². The highest BCUT2D eigenvalue weighted by atomic mass is 16.8. The van der Waals surface area contributed by atoms with E-state index >= 15 is 0 Å². The van der Waals surface area contributed by atoms with Gasteiger partial charge in [-0.3, -0.25) is 0 Å². The van der Waals surface area contributed by atoms with Crippen molar-refractivity contribution in [2.24, 2.45) is 0 Å². The lowest BCUT2D eigenvalue weighted by molar-refractivity contribution is -0.392. The number of ether oxygens (including phenoxy) is 8. The molecule has 0 spiro atoms. The molecule has 3 aromatic rings. The van der Waals surface area contributed by atoms with Crippen molar-refractivity contribution in [2.45, 2.75) is 105 Å². The van der Waals surface area contributed by atoms with Gasteiger partial charge in [0, 0.05) is 23.1 Å². The van der Waals surface area contributed by atoms with E-state index in [4.69, 9.17) is 42.3 Å². The van der Waals surface area contributed by atoms with E-state index in [2.05, 4.69) is 0 Å². The van der Waals surface area contributed by atoms with Crippen molar-refractivity contribution in [2.75, 3.05) is 19.8 Å². The van der Waals surface area contributed by atoms with Gasteiger partial charge in [0.05, 0.1) is 19.8 Å². The van der Waals surface area contributed by atoms with Crippen molar-refractivity contribution < 1.29 is 83.2 Å². The molecule has 4 aliphatic heterocycles. The lowest BCUT2D eigenvalue weighted by Crippen LogP contribution is -2.67. The van der Waals surface area contributed by atoms with Crippen molar-refractivity contribution in [1.29, 1.82) is 0 Å². The van der Waals surface area contributed by atoms with Gasteiger partial charge in [0.2, 0.25) is 6.29 Å². The lowest BCUT2D eigenvalue weighted by Gasteiger charge is -2.49. The lowest BCUT2D eigenvalue weighted by atomic mass is 9.95. The maximum Gasteiger partial charge on any atom is 0.336 e. The molecular formula is C35H42O18. The Morgan fingerprint density at radius 2 is 1.30 bits per heavy atom. The number of aliphatic hydroxyl groups excluding tert-OH is 8. The summed E-state index contributed by atoms with van der Waals surface area (Å²) in [6.45, 7) is 0.126. The average Bonchev–Trinajstić information content (AvgIpc) is 3.16. The first-order valence-corrected chi connectivity index (χ1v) is 17.1. The van der Waals surface area contributed by atoms with Crippen LogP contribution in [0.5, 0.6) is 5.75 Å². The zero-order chi connectivity index (χ0) is 37.6. The molecule has 18 heteroatoms. The smallest absolute Gasteiger partial charge is 0.336 e. The summed E-state index contributed by atoms with van der Waals surface area (Å²) in [6.07, 6.45) is -24.1. The normalized spacial score (nSPS) is 40.5. The van der Waals surface area contributed by atoms with Crippen LogP contribution in [0.15, 0.2) is 63.8 Å². The number of rotatable bonds is 9. The molecular weight excluding hydrogens is 708 g/mol. The molecule has 4 saturated heterocycles.